The Hall–Kier alpha value is -3.78. The zero-order valence-corrected chi connectivity index (χ0v) is 18.5. The quantitative estimate of drug-likeness (QED) is 0.348. The first-order chi connectivity index (χ1) is 16.0. The van der Waals surface area contributed by atoms with E-state index in [0.717, 1.165) is 11.3 Å². The first-order valence-corrected chi connectivity index (χ1v) is 10.6. The van der Waals surface area contributed by atoms with E-state index in [-0.39, 0.29) is 29.0 Å². The minimum atomic E-state index is -0.500. The normalized spacial score (nSPS) is 10.8. The minimum absolute atomic E-state index is 0.0936. The SMILES string of the molecule is CCOc1ccc(OCc2ccc(C(=O)Nc3nn(Cc4cccc(F)c4)cc3Cl)o2)cc1. The van der Waals surface area contributed by atoms with Crippen molar-refractivity contribution in [1.82, 2.24) is 9.78 Å². The fourth-order valence-electron chi connectivity index (χ4n) is 3.09. The second kappa shape index (κ2) is 10.2. The average molecular weight is 470 g/mol. The van der Waals surface area contributed by atoms with Gasteiger partial charge in [-0.1, -0.05) is 23.7 Å². The molecule has 1 N–H and O–H groups in total. The molecule has 2 aromatic carbocycles. The number of aromatic nitrogens is 2. The fraction of sp³-hybridized carbons (Fsp3) is 0.167. The van der Waals surface area contributed by atoms with Crippen LogP contribution in [0.4, 0.5) is 10.2 Å². The van der Waals surface area contributed by atoms with E-state index < -0.39 is 5.91 Å². The summed E-state index contributed by atoms with van der Waals surface area (Å²) in [6.45, 7) is 2.98. The molecular weight excluding hydrogens is 449 g/mol. The second-order valence-corrected chi connectivity index (χ2v) is 7.47. The molecule has 170 valence electrons. The summed E-state index contributed by atoms with van der Waals surface area (Å²) in [5.41, 5.74) is 0.718. The van der Waals surface area contributed by atoms with Gasteiger partial charge in [0.25, 0.3) is 5.91 Å². The van der Waals surface area contributed by atoms with Gasteiger partial charge < -0.3 is 19.2 Å². The molecule has 0 unspecified atom stereocenters. The Balaban J connectivity index is 1.34. The number of rotatable bonds is 9. The standard InChI is InChI=1S/C24H21ClFN3O4/c1-2-31-18-6-8-19(9-7-18)32-15-20-10-11-22(33-20)24(30)27-23-21(25)14-29(28-23)13-16-4-3-5-17(26)12-16/h3-12,14H,2,13,15H2,1H3,(H,27,28,30). The Labute approximate surface area is 194 Å². The number of halogens is 2. The summed E-state index contributed by atoms with van der Waals surface area (Å²) in [5.74, 6) is 1.34. The molecule has 7 nitrogen and oxygen atoms in total. The van der Waals surface area contributed by atoms with E-state index in [9.17, 15) is 9.18 Å². The lowest BCUT2D eigenvalue weighted by Crippen LogP contribution is -2.12. The van der Waals surface area contributed by atoms with Crippen molar-refractivity contribution in [2.45, 2.75) is 20.1 Å². The van der Waals surface area contributed by atoms with Crippen molar-refractivity contribution < 1.29 is 23.1 Å². The molecule has 0 aliphatic heterocycles. The van der Waals surface area contributed by atoms with Gasteiger partial charge in [0.15, 0.2) is 11.6 Å². The van der Waals surface area contributed by atoms with Crippen molar-refractivity contribution in [3.8, 4) is 11.5 Å². The number of carbonyl (C=O) groups is 1. The highest BCUT2D eigenvalue weighted by Crippen LogP contribution is 2.22. The van der Waals surface area contributed by atoms with Crippen molar-refractivity contribution in [2.75, 3.05) is 11.9 Å². The van der Waals surface area contributed by atoms with Crippen LogP contribution in [0.1, 0.15) is 28.8 Å². The van der Waals surface area contributed by atoms with Crippen LogP contribution in [0, 0.1) is 5.82 Å². The van der Waals surface area contributed by atoms with Crippen molar-refractivity contribution in [3.05, 3.63) is 94.8 Å². The van der Waals surface area contributed by atoms with Crippen LogP contribution in [0.15, 0.2) is 71.3 Å². The lowest BCUT2D eigenvalue weighted by molar-refractivity contribution is 0.0992. The highest BCUT2D eigenvalue weighted by molar-refractivity contribution is 6.33. The number of nitrogens with zero attached hydrogens (tertiary/aromatic N) is 2. The third kappa shape index (κ3) is 5.93. The molecule has 2 heterocycles. The van der Waals surface area contributed by atoms with Crippen LogP contribution in [0.2, 0.25) is 5.02 Å². The Morgan fingerprint density at radius 1 is 1.12 bits per heavy atom. The number of hydrogen-bond donors (Lipinski definition) is 1. The Morgan fingerprint density at radius 3 is 2.61 bits per heavy atom. The highest BCUT2D eigenvalue weighted by atomic mass is 35.5. The molecule has 33 heavy (non-hydrogen) atoms. The zero-order chi connectivity index (χ0) is 23.2. The van der Waals surface area contributed by atoms with Gasteiger partial charge >= 0.3 is 0 Å². The van der Waals surface area contributed by atoms with E-state index in [2.05, 4.69) is 10.4 Å². The molecule has 9 heteroatoms. The molecular formula is C24H21ClFN3O4. The third-order valence-corrected chi connectivity index (χ3v) is 4.86. The molecule has 0 bridgehead atoms. The van der Waals surface area contributed by atoms with Crippen LogP contribution in [0.3, 0.4) is 0 Å². The van der Waals surface area contributed by atoms with Crippen molar-refractivity contribution in [1.29, 1.82) is 0 Å². The number of amides is 1. The number of hydrogen-bond acceptors (Lipinski definition) is 5. The van der Waals surface area contributed by atoms with Crippen LogP contribution >= 0.6 is 11.6 Å². The van der Waals surface area contributed by atoms with Crippen LogP contribution < -0.4 is 14.8 Å². The molecule has 4 aromatic rings. The van der Waals surface area contributed by atoms with Gasteiger partial charge in [-0.15, -0.1) is 0 Å². The lowest BCUT2D eigenvalue weighted by Gasteiger charge is -2.06. The predicted octanol–water partition coefficient (Wildman–Crippen LogP) is 5.55. The molecule has 2 aromatic heterocycles. The summed E-state index contributed by atoms with van der Waals surface area (Å²) in [4.78, 5) is 12.5. The van der Waals surface area contributed by atoms with Crippen LogP contribution in [0.25, 0.3) is 0 Å². The number of furan rings is 1. The predicted molar refractivity (Wildman–Crippen MR) is 121 cm³/mol. The third-order valence-electron chi connectivity index (χ3n) is 4.58. The Bertz CT molecular complexity index is 1240. The maximum atomic E-state index is 13.4. The van der Waals surface area contributed by atoms with Gasteiger partial charge in [0.1, 0.15) is 34.7 Å². The van der Waals surface area contributed by atoms with E-state index >= 15 is 0 Å². The summed E-state index contributed by atoms with van der Waals surface area (Å²) in [5, 5.41) is 7.14. The zero-order valence-electron chi connectivity index (χ0n) is 17.8. The van der Waals surface area contributed by atoms with Gasteiger partial charge in [-0.25, -0.2) is 4.39 Å². The topological polar surface area (TPSA) is 78.5 Å². The van der Waals surface area contributed by atoms with E-state index in [1.54, 1.807) is 42.6 Å². The smallest absolute Gasteiger partial charge is 0.292 e. The lowest BCUT2D eigenvalue weighted by atomic mass is 10.2. The summed E-state index contributed by atoms with van der Waals surface area (Å²) >= 11 is 6.20. The van der Waals surface area contributed by atoms with Crippen LogP contribution in [-0.4, -0.2) is 22.3 Å². The molecule has 0 fully saturated rings. The van der Waals surface area contributed by atoms with Gasteiger partial charge in [-0.2, -0.15) is 5.10 Å². The molecule has 0 radical (unpaired) electrons. The van der Waals surface area contributed by atoms with Gasteiger partial charge in [0.05, 0.1) is 13.2 Å². The van der Waals surface area contributed by atoms with E-state index in [1.165, 1.54) is 16.8 Å². The van der Waals surface area contributed by atoms with Gasteiger partial charge in [0, 0.05) is 6.20 Å². The average Bonchev–Trinajstić information content (AvgIpc) is 3.40. The number of ether oxygens (including phenoxy) is 2. The molecule has 0 saturated carbocycles. The summed E-state index contributed by atoms with van der Waals surface area (Å²) in [6.07, 6.45) is 1.56. The van der Waals surface area contributed by atoms with E-state index in [1.807, 2.05) is 19.1 Å². The van der Waals surface area contributed by atoms with E-state index in [0.29, 0.717) is 24.7 Å². The maximum absolute atomic E-state index is 13.4. The number of anilines is 1. The van der Waals surface area contributed by atoms with Gasteiger partial charge in [-0.05, 0) is 61.0 Å². The first kappa shape index (κ1) is 22.4. The van der Waals surface area contributed by atoms with Crippen LogP contribution in [-0.2, 0) is 13.2 Å². The molecule has 0 aliphatic carbocycles. The number of benzene rings is 2. The Kier molecular flexibility index (Phi) is 6.95. The molecule has 0 aliphatic rings. The molecule has 1 amide bonds. The molecule has 0 saturated heterocycles. The van der Waals surface area contributed by atoms with Gasteiger partial charge in [-0.3, -0.25) is 9.48 Å². The summed E-state index contributed by atoms with van der Waals surface area (Å²) in [7, 11) is 0. The summed E-state index contributed by atoms with van der Waals surface area (Å²) < 4.78 is 31.5. The fourth-order valence-corrected chi connectivity index (χ4v) is 3.28. The first-order valence-electron chi connectivity index (χ1n) is 10.2. The van der Waals surface area contributed by atoms with Crippen LogP contribution in [0.5, 0.6) is 11.5 Å². The second-order valence-electron chi connectivity index (χ2n) is 7.07. The summed E-state index contributed by atoms with van der Waals surface area (Å²) in [6, 6.07) is 16.6. The maximum Gasteiger partial charge on any atom is 0.292 e. The largest absolute Gasteiger partial charge is 0.494 e. The molecule has 0 spiro atoms. The number of carbonyl (C=O) groups excluding carboxylic acids is 1. The minimum Gasteiger partial charge on any atom is -0.494 e. The number of nitrogens with one attached hydrogen (secondary N) is 1. The molecule has 4 rings (SSSR count). The van der Waals surface area contributed by atoms with Crippen molar-refractivity contribution in [2.24, 2.45) is 0 Å². The highest BCUT2D eigenvalue weighted by Gasteiger charge is 2.16. The monoisotopic (exact) mass is 469 g/mol. The van der Waals surface area contributed by atoms with Crippen molar-refractivity contribution >= 4 is 23.3 Å². The molecule has 0 atom stereocenters. The van der Waals surface area contributed by atoms with Gasteiger partial charge in [0.2, 0.25) is 0 Å². The van der Waals surface area contributed by atoms with E-state index in [4.69, 9.17) is 25.5 Å². The Morgan fingerprint density at radius 2 is 1.88 bits per heavy atom. The van der Waals surface area contributed by atoms with Crippen molar-refractivity contribution in [3.63, 3.8) is 0 Å².